The summed E-state index contributed by atoms with van der Waals surface area (Å²) >= 11 is 0. The molecule has 32 heavy (non-hydrogen) atoms. The summed E-state index contributed by atoms with van der Waals surface area (Å²) in [5, 5.41) is 3.93. The molecule has 7 heteroatoms. The molecule has 0 radical (unpaired) electrons. The Morgan fingerprint density at radius 2 is 1.84 bits per heavy atom. The summed E-state index contributed by atoms with van der Waals surface area (Å²) in [6.07, 6.45) is 2.73. The fourth-order valence-electron chi connectivity index (χ4n) is 4.76. The average molecular weight is 428 g/mol. The lowest BCUT2D eigenvalue weighted by Gasteiger charge is -2.21. The molecule has 1 aliphatic carbocycles. The Morgan fingerprint density at radius 1 is 1.03 bits per heavy atom. The third-order valence-electron chi connectivity index (χ3n) is 6.38. The number of anilines is 2. The highest BCUT2D eigenvalue weighted by Crippen LogP contribution is 2.33. The van der Waals surface area contributed by atoms with Gasteiger partial charge >= 0.3 is 6.03 Å². The van der Waals surface area contributed by atoms with Crippen LogP contribution in [-0.4, -0.2) is 40.8 Å². The maximum Gasteiger partial charge on any atom is 0.331 e. The van der Waals surface area contributed by atoms with Gasteiger partial charge in [-0.05, 0) is 55.5 Å². The number of hydrogen-bond donors (Lipinski definition) is 1. The third kappa shape index (κ3) is 3.21. The van der Waals surface area contributed by atoms with Crippen molar-refractivity contribution in [3.8, 4) is 0 Å². The van der Waals surface area contributed by atoms with Gasteiger partial charge in [-0.2, -0.15) is 0 Å². The number of urea groups is 1. The first-order valence-electron chi connectivity index (χ1n) is 10.9. The Morgan fingerprint density at radius 3 is 2.62 bits per heavy atom. The van der Waals surface area contributed by atoms with Crippen LogP contribution in [0.4, 0.5) is 16.2 Å². The van der Waals surface area contributed by atoms with Crippen LogP contribution in [0.5, 0.6) is 0 Å². The van der Waals surface area contributed by atoms with E-state index in [1.54, 1.807) is 4.90 Å². The normalized spacial score (nSPS) is 15.4. The van der Waals surface area contributed by atoms with Gasteiger partial charge in [0.1, 0.15) is 0 Å². The van der Waals surface area contributed by atoms with Crippen LogP contribution in [0.25, 0.3) is 10.9 Å². The molecule has 0 unspecified atom stereocenters. The van der Waals surface area contributed by atoms with Crippen molar-refractivity contribution in [1.29, 1.82) is 0 Å². The molecule has 1 saturated heterocycles. The molecule has 5 rings (SSSR count). The zero-order valence-electron chi connectivity index (χ0n) is 18.1. The van der Waals surface area contributed by atoms with Crippen molar-refractivity contribution >= 4 is 40.1 Å². The van der Waals surface area contributed by atoms with Crippen LogP contribution in [-0.2, 0) is 17.6 Å². The van der Waals surface area contributed by atoms with Crippen molar-refractivity contribution in [3.63, 3.8) is 0 Å². The van der Waals surface area contributed by atoms with Crippen LogP contribution >= 0.6 is 0 Å². The zero-order valence-corrected chi connectivity index (χ0v) is 18.1. The molecular formula is C25H24N4O3. The number of nitrogens with one attached hydrogen (secondary N) is 1. The predicted octanol–water partition coefficient (Wildman–Crippen LogP) is 4.07. The van der Waals surface area contributed by atoms with E-state index in [2.05, 4.69) is 5.32 Å². The largest absolute Gasteiger partial charge is 0.331 e. The molecule has 4 amide bonds. The molecule has 162 valence electrons. The van der Waals surface area contributed by atoms with E-state index in [1.165, 1.54) is 11.8 Å². The number of nitrogens with zero attached hydrogens (tertiary/aromatic N) is 3. The molecule has 0 saturated carbocycles. The van der Waals surface area contributed by atoms with Gasteiger partial charge in [-0.1, -0.05) is 24.3 Å². The second-order valence-electron chi connectivity index (χ2n) is 8.29. The standard InChI is InChI=1S/C25H24N4O3/c1-15-19(10-6-12-22(15)29-14-13-28(16(2)30)25(29)32)27-24(31)23-17-7-3-4-9-20(17)26-21-11-5-8-18(21)23/h3-4,6-7,9-10,12H,5,8,11,13-14H2,1-2H3,(H,27,31). The number of imide groups is 1. The molecule has 0 bridgehead atoms. The van der Waals surface area contributed by atoms with Crippen LogP contribution in [0.1, 0.15) is 40.5 Å². The lowest BCUT2D eigenvalue weighted by molar-refractivity contribution is -0.125. The van der Waals surface area contributed by atoms with Crippen LogP contribution in [0.15, 0.2) is 42.5 Å². The molecule has 0 spiro atoms. The van der Waals surface area contributed by atoms with Gasteiger partial charge in [0.05, 0.1) is 16.8 Å². The number of aryl methyl sites for hydroxylation is 1. The van der Waals surface area contributed by atoms with Gasteiger partial charge < -0.3 is 5.32 Å². The number of rotatable bonds is 3. The quantitative estimate of drug-likeness (QED) is 0.682. The third-order valence-corrected chi connectivity index (χ3v) is 6.38. The molecule has 2 aliphatic rings. The van der Waals surface area contributed by atoms with Crippen molar-refractivity contribution in [1.82, 2.24) is 9.88 Å². The van der Waals surface area contributed by atoms with Gasteiger partial charge in [-0.25, -0.2) is 4.79 Å². The highest BCUT2D eigenvalue weighted by atomic mass is 16.2. The van der Waals surface area contributed by atoms with Gasteiger partial charge in [-0.15, -0.1) is 0 Å². The summed E-state index contributed by atoms with van der Waals surface area (Å²) in [6.45, 7) is 4.06. The number of pyridine rings is 1. The summed E-state index contributed by atoms with van der Waals surface area (Å²) in [5.41, 5.74) is 5.68. The summed E-state index contributed by atoms with van der Waals surface area (Å²) < 4.78 is 0. The number of fused-ring (bicyclic) bond motifs is 2. The highest BCUT2D eigenvalue weighted by molar-refractivity contribution is 6.14. The lowest BCUT2D eigenvalue weighted by atomic mass is 10.00. The SMILES string of the molecule is CC(=O)N1CCN(c2cccc(NC(=O)c3c4c(nc5ccccc35)CCC4)c2C)C1=O. The first-order valence-corrected chi connectivity index (χ1v) is 10.9. The van der Waals surface area contributed by atoms with Gasteiger partial charge in [0, 0.05) is 36.8 Å². The number of hydrogen-bond acceptors (Lipinski definition) is 4. The minimum absolute atomic E-state index is 0.167. The Balaban J connectivity index is 1.50. The predicted molar refractivity (Wildman–Crippen MR) is 123 cm³/mol. The Kier molecular flexibility index (Phi) is 4.89. The first kappa shape index (κ1) is 20.2. The second kappa shape index (κ2) is 7.75. The van der Waals surface area contributed by atoms with Crippen LogP contribution in [0.3, 0.4) is 0 Å². The fourth-order valence-corrected chi connectivity index (χ4v) is 4.76. The topological polar surface area (TPSA) is 82.6 Å². The molecule has 2 heterocycles. The van der Waals surface area contributed by atoms with E-state index in [-0.39, 0.29) is 17.8 Å². The Hall–Kier alpha value is -3.74. The summed E-state index contributed by atoms with van der Waals surface area (Å²) in [6, 6.07) is 12.9. The van der Waals surface area contributed by atoms with E-state index >= 15 is 0 Å². The van der Waals surface area contributed by atoms with Crippen molar-refractivity contribution in [2.75, 3.05) is 23.3 Å². The number of carbonyl (C=O) groups is 3. The van der Waals surface area contributed by atoms with E-state index in [1.807, 2.05) is 49.4 Å². The second-order valence-corrected chi connectivity index (χ2v) is 8.29. The monoisotopic (exact) mass is 428 g/mol. The van der Waals surface area contributed by atoms with Crippen molar-refractivity contribution in [2.24, 2.45) is 0 Å². The molecule has 3 aromatic rings. The summed E-state index contributed by atoms with van der Waals surface area (Å²) in [7, 11) is 0. The molecular weight excluding hydrogens is 404 g/mol. The molecule has 2 aromatic carbocycles. The van der Waals surface area contributed by atoms with Crippen molar-refractivity contribution in [3.05, 3.63) is 64.8 Å². The molecule has 0 atom stereocenters. The zero-order chi connectivity index (χ0) is 22.4. The maximum absolute atomic E-state index is 13.5. The van der Waals surface area contributed by atoms with Crippen LogP contribution in [0, 0.1) is 6.92 Å². The Bertz CT molecular complexity index is 1280. The van der Waals surface area contributed by atoms with Crippen molar-refractivity contribution in [2.45, 2.75) is 33.1 Å². The van der Waals surface area contributed by atoms with E-state index in [9.17, 15) is 14.4 Å². The first-order chi connectivity index (χ1) is 15.5. The summed E-state index contributed by atoms with van der Waals surface area (Å²) in [4.78, 5) is 45.5. The van der Waals surface area contributed by atoms with E-state index in [0.717, 1.165) is 47.0 Å². The molecule has 1 fully saturated rings. The highest BCUT2D eigenvalue weighted by Gasteiger charge is 2.33. The molecule has 7 nitrogen and oxygen atoms in total. The van der Waals surface area contributed by atoms with Crippen molar-refractivity contribution < 1.29 is 14.4 Å². The van der Waals surface area contributed by atoms with Crippen LogP contribution in [0.2, 0.25) is 0 Å². The molecule has 1 N–H and O–H groups in total. The molecule has 1 aromatic heterocycles. The van der Waals surface area contributed by atoms with Gasteiger partial charge in [0.25, 0.3) is 5.91 Å². The average Bonchev–Trinajstić information content (AvgIpc) is 3.39. The van der Waals surface area contributed by atoms with Gasteiger partial charge in [0.2, 0.25) is 5.91 Å². The van der Waals surface area contributed by atoms with Gasteiger partial charge in [-0.3, -0.25) is 24.4 Å². The van der Waals surface area contributed by atoms with E-state index in [4.69, 9.17) is 4.98 Å². The number of amides is 4. The Labute approximate surface area is 186 Å². The van der Waals surface area contributed by atoms with E-state index in [0.29, 0.717) is 30.0 Å². The minimum Gasteiger partial charge on any atom is -0.322 e. The lowest BCUT2D eigenvalue weighted by Crippen LogP contribution is -2.35. The number of carbonyl (C=O) groups excluding carboxylic acids is 3. The van der Waals surface area contributed by atoms with Crippen LogP contribution < -0.4 is 10.2 Å². The smallest absolute Gasteiger partial charge is 0.322 e. The fraction of sp³-hybridized carbons (Fsp3) is 0.280. The van der Waals surface area contributed by atoms with E-state index < -0.39 is 0 Å². The number of aromatic nitrogens is 1. The number of benzene rings is 2. The maximum atomic E-state index is 13.5. The number of para-hydroxylation sites is 1. The summed E-state index contributed by atoms with van der Waals surface area (Å²) in [5.74, 6) is -0.432. The molecule has 1 aliphatic heterocycles. The van der Waals surface area contributed by atoms with Gasteiger partial charge in [0.15, 0.2) is 0 Å². The minimum atomic E-state index is -0.331.